The molecule has 2 N–H and O–H groups in total. The summed E-state index contributed by atoms with van der Waals surface area (Å²) in [7, 11) is 0. The van der Waals surface area contributed by atoms with Crippen molar-refractivity contribution < 1.29 is 5.11 Å². The van der Waals surface area contributed by atoms with Crippen LogP contribution in [0.5, 0.6) is 5.75 Å². The first kappa shape index (κ1) is 13.1. The molecular formula is C14H18N2OS. The molecule has 4 heteroatoms. The van der Waals surface area contributed by atoms with Gasteiger partial charge in [-0.3, -0.25) is 0 Å². The second kappa shape index (κ2) is 5.50. The van der Waals surface area contributed by atoms with Crippen LogP contribution >= 0.6 is 11.3 Å². The number of nitrogens with one attached hydrogen (secondary N) is 1. The number of aromatic nitrogens is 1. The van der Waals surface area contributed by atoms with Gasteiger partial charge in [0.15, 0.2) is 0 Å². The zero-order valence-electron chi connectivity index (χ0n) is 10.9. The summed E-state index contributed by atoms with van der Waals surface area (Å²) in [5, 5.41) is 16.4. The van der Waals surface area contributed by atoms with Gasteiger partial charge in [0.2, 0.25) is 0 Å². The number of phenols is 1. The van der Waals surface area contributed by atoms with Gasteiger partial charge in [0.1, 0.15) is 5.75 Å². The van der Waals surface area contributed by atoms with Crippen LogP contribution in [0.15, 0.2) is 23.6 Å². The van der Waals surface area contributed by atoms with Crippen LogP contribution in [0.3, 0.4) is 0 Å². The van der Waals surface area contributed by atoms with E-state index < -0.39 is 0 Å². The molecule has 0 aliphatic rings. The Labute approximate surface area is 112 Å². The van der Waals surface area contributed by atoms with Gasteiger partial charge in [0.25, 0.3) is 0 Å². The maximum Gasteiger partial charge on any atom is 0.120 e. The molecule has 2 aromatic rings. The van der Waals surface area contributed by atoms with E-state index in [0.717, 1.165) is 28.4 Å². The van der Waals surface area contributed by atoms with Crippen LogP contribution in [0, 0.1) is 13.8 Å². The highest BCUT2D eigenvalue weighted by Crippen LogP contribution is 2.25. The third kappa shape index (κ3) is 3.09. The van der Waals surface area contributed by atoms with Crippen LogP contribution in [0.25, 0.3) is 0 Å². The molecular weight excluding hydrogens is 244 g/mol. The lowest BCUT2D eigenvalue weighted by atomic mass is 10.0. The predicted molar refractivity (Wildman–Crippen MR) is 74.9 cm³/mol. The zero-order chi connectivity index (χ0) is 13.1. The second-order valence-corrected chi connectivity index (χ2v) is 5.58. The van der Waals surface area contributed by atoms with Crippen molar-refractivity contribution in [3.63, 3.8) is 0 Å². The smallest absolute Gasteiger partial charge is 0.120 e. The monoisotopic (exact) mass is 262 g/mol. The number of hydrogen-bond donors (Lipinski definition) is 2. The van der Waals surface area contributed by atoms with Crippen molar-refractivity contribution in [2.24, 2.45) is 0 Å². The van der Waals surface area contributed by atoms with E-state index in [2.05, 4.69) is 15.7 Å². The van der Waals surface area contributed by atoms with Gasteiger partial charge in [0.05, 0.1) is 10.7 Å². The molecule has 96 valence electrons. The molecule has 1 heterocycles. The average molecular weight is 262 g/mol. The van der Waals surface area contributed by atoms with Gasteiger partial charge in [-0.05, 0) is 26.8 Å². The highest BCUT2D eigenvalue weighted by Gasteiger charge is 2.10. The molecule has 0 aliphatic carbocycles. The van der Waals surface area contributed by atoms with Gasteiger partial charge in [-0.1, -0.05) is 17.7 Å². The summed E-state index contributed by atoms with van der Waals surface area (Å²) in [6, 6.07) is 5.77. The van der Waals surface area contributed by atoms with E-state index in [1.807, 2.05) is 32.9 Å². The van der Waals surface area contributed by atoms with E-state index in [1.54, 1.807) is 17.4 Å². The maximum absolute atomic E-state index is 9.85. The summed E-state index contributed by atoms with van der Waals surface area (Å²) >= 11 is 1.66. The highest BCUT2D eigenvalue weighted by molar-refractivity contribution is 7.09. The number of phenolic OH excluding ortho intramolecular Hbond substituents is 1. The number of rotatable bonds is 4. The summed E-state index contributed by atoms with van der Waals surface area (Å²) in [5.41, 5.74) is 3.14. The number of aromatic hydroxyl groups is 1. The van der Waals surface area contributed by atoms with Crippen LogP contribution in [0.1, 0.15) is 34.8 Å². The lowest BCUT2D eigenvalue weighted by Crippen LogP contribution is -2.18. The molecule has 2 rings (SSSR count). The normalized spacial score (nSPS) is 12.6. The van der Waals surface area contributed by atoms with E-state index >= 15 is 0 Å². The van der Waals surface area contributed by atoms with E-state index in [0.29, 0.717) is 5.75 Å². The Kier molecular flexibility index (Phi) is 3.99. The molecule has 0 amide bonds. The molecule has 18 heavy (non-hydrogen) atoms. The Hall–Kier alpha value is -1.39. The maximum atomic E-state index is 9.85. The first-order valence-corrected chi connectivity index (χ1v) is 6.88. The fraction of sp³-hybridized carbons (Fsp3) is 0.357. The first-order chi connectivity index (χ1) is 8.56. The van der Waals surface area contributed by atoms with Crippen LogP contribution < -0.4 is 5.32 Å². The van der Waals surface area contributed by atoms with Crippen molar-refractivity contribution in [1.29, 1.82) is 0 Å². The quantitative estimate of drug-likeness (QED) is 0.888. The molecule has 0 spiro atoms. The number of thiazole rings is 1. The molecule has 0 bridgehead atoms. The summed E-state index contributed by atoms with van der Waals surface area (Å²) in [4.78, 5) is 4.41. The lowest BCUT2D eigenvalue weighted by molar-refractivity contribution is 0.451. The number of aryl methyl sites for hydroxylation is 2. The Bertz CT molecular complexity index is 536. The van der Waals surface area contributed by atoms with Gasteiger partial charge in [0, 0.05) is 23.5 Å². The topological polar surface area (TPSA) is 45.1 Å². The van der Waals surface area contributed by atoms with Gasteiger partial charge in [-0.2, -0.15) is 0 Å². The van der Waals surface area contributed by atoms with Crippen molar-refractivity contribution in [2.75, 3.05) is 0 Å². The fourth-order valence-corrected chi connectivity index (χ4v) is 2.49. The van der Waals surface area contributed by atoms with E-state index in [9.17, 15) is 5.11 Å². The molecule has 1 unspecified atom stereocenters. The van der Waals surface area contributed by atoms with Gasteiger partial charge in [-0.15, -0.1) is 11.3 Å². The van der Waals surface area contributed by atoms with Gasteiger partial charge >= 0.3 is 0 Å². The molecule has 0 aliphatic heterocycles. The van der Waals surface area contributed by atoms with Crippen LogP contribution in [0.2, 0.25) is 0 Å². The molecule has 0 saturated heterocycles. The molecule has 0 radical (unpaired) electrons. The predicted octanol–water partition coefficient (Wildman–Crippen LogP) is 3.32. The first-order valence-electron chi connectivity index (χ1n) is 6.00. The molecule has 3 nitrogen and oxygen atoms in total. The SMILES string of the molecule is Cc1ccc(O)c(C(C)NCc2csc(C)n2)c1. The average Bonchev–Trinajstić information content (AvgIpc) is 2.75. The summed E-state index contributed by atoms with van der Waals surface area (Å²) in [5.74, 6) is 0.343. The summed E-state index contributed by atoms with van der Waals surface area (Å²) in [6.07, 6.45) is 0. The van der Waals surface area contributed by atoms with Crippen LogP contribution in [-0.2, 0) is 6.54 Å². The minimum atomic E-state index is 0.104. The van der Waals surface area contributed by atoms with Crippen LogP contribution in [0.4, 0.5) is 0 Å². The van der Waals surface area contributed by atoms with Crippen molar-refractivity contribution in [2.45, 2.75) is 33.4 Å². The molecule has 1 atom stereocenters. The Morgan fingerprint density at radius 3 is 2.83 bits per heavy atom. The Morgan fingerprint density at radius 1 is 1.39 bits per heavy atom. The number of hydrogen-bond acceptors (Lipinski definition) is 4. The van der Waals surface area contributed by atoms with Crippen LogP contribution in [-0.4, -0.2) is 10.1 Å². The van der Waals surface area contributed by atoms with E-state index in [4.69, 9.17) is 0 Å². The zero-order valence-corrected chi connectivity index (χ0v) is 11.7. The van der Waals surface area contributed by atoms with E-state index in [-0.39, 0.29) is 6.04 Å². The van der Waals surface area contributed by atoms with Crippen molar-refractivity contribution >= 4 is 11.3 Å². The van der Waals surface area contributed by atoms with Gasteiger partial charge in [-0.25, -0.2) is 4.98 Å². The summed E-state index contributed by atoms with van der Waals surface area (Å²) in [6.45, 7) is 6.80. The van der Waals surface area contributed by atoms with Crippen molar-refractivity contribution in [3.8, 4) is 5.75 Å². The molecule has 0 fully saturated rings. The highest BCUT2D eigenvalue weighted by atomic mass is 32.1. The molecule has 1 aromatic heterocycles. The minimum absolute atomic E-state index is 0.104. The van der Waals surface area contributed by atoms with Crippen molar-refractivity contribution in [1.82, 2.24) is 10.3 Å². The third-order valence-electron chi connectivity index (χ3n) is 2.91. The minimum Gasteiger partial charge on any atom is -0.508 e. The van der Waals surface area contributed by atoms with Crippen molar-refractivity contribution in [3.05, 3.63) is 45.4 Å². The number of nitrogens with zero attached hydrogens (tertiary/aromatic N) is 1. The third-order valence-corrected chi connectivity index (χ3v) is 3.73. The largest absolute Gasteiger partial charge is 0.508 e. The molecule has 1 aromatic carbocycles. The number of benzene rings is 1. The fourth-order valence-electron chi connectivity index (χ4n) is 1.88. The summed E-state index contributed by atoms with van der Waals surface area (Å²) < 4.78 is 0. The van der Waals surface area contributed by atoms with Gasteiger partial charge < -0.3 is 10.4 Å². The second-order valence-electron chi connectivity index (χ2n) is 4.52. The lowest BCUT2D eigenvalue weighted by Gasteiger charge is -2.15. The Morgan fingerprint density at radius 2 is 2.17 bits per heavy atom. The molecule has 0 saturated carbocycles. The Balaban J connectivity index is 2.03. The standard InChI is InChI=1S/C14H18N2OS/c1-9-4-5-14(17)13(6-9)10(2)15-7-12-8-18-11(3)16-12/h4-6,8,10,15,17H,7H2,1-3H3. The van der Waals surface area contributed by atoms with E-state index in [1.165, 1.54) is 0 Å².